The van der Waals surface area contributed by atoms with Gasteiger partial charge in [0.25, 0.3) is 0 Å². The normalized spacial score (nSPS) is 11.5. The summed E-state index contributed by atoms with van der Waals surface area (Å²) in [5.41, 5.74) is 6.09. The third-order valence-corrected chi connectivity index (χ3v) is 4.50. The summed E-state index contributed by atoms with van der Waals surface area (Å²) in [6, 6.07) is 10.8. The minimum atomic E-state index is -4.56. The molecule has 1 aromatic carbocycles. The molecule has 0 aliphatic heterocycles. The van der Waals surface area contributed by atoms with E-state index in [0.717, 1.165) is 8.97 Å². The maximum Gasteiger partial charge on any atom is 0.419 e. The van der Waals surface area contributed by atoms with Gasteiger partial charge in [-0.25, -0.2) is 19.0 Å². The van der Waals surface area contributed by atoms with Crippen molar-refractivity contribution in [2.45, 2.75) is 12.7 Å². The van der Waals surface area contributed by atoms with Crippen LogP contribution < -0.4 is 15.9 Å². The zero-order valence-corrected chi connectivity index (χ0v) is 15.2. The summed E-state index contributed by atoms with van der Waals surface area (Å²) in [6.07, 6.45) is -0.504. The zero-order valence-electron chi connectivity index (χ0n) is 15.2. The Bertz CT molecular complexity index is 1350. The lowest BCUT2D eigenvalue weighted by molar-refractivity contribution is -0.685. The SMILES string of the molecule is N#Cc1cc(-c2c(N)[n+](CC(F)(F)F)c3ccccn3c2=O)ccc1-n1cncn1. The second-order valence-corrected chi connectivity index (χ2v) is 6.38. The number of anilines is 1. The molecule has 0 saturated carbocycles. The fourth-order valence-corrected chi connectivity index (χ4v) is 3.24. The molecular weight excluding hydrogens is 399 g/mol. The van der Waals surface area contributed by atoms with Crippen molar-refractivity contribution in [1.29, 1.82) is 5.26 Å². The first-order valence-electron chi connectivity index (χ1n) is 8.59. The van der Waals surface area contributed by atoms with Crippen LogP contribution in [-0.4, -0.2) is 25.3 Å². The van der Waals surface area contributed by atoms with Crippen LogP contribution in [0.3, 0.4) is 0 Å². The van der Waals surface area contributed by atoms with E-state index in [1.807, 2.05) is 6.07 Å². The van der Waals surface area contributed by atoms with Crippen LogP contribution in [0.5, 0.6) is 0 Å². The average molecular weight is 412 g/mol. The highest BCUT2D eigenvalue weighted by Gasteiger charge is 2.34. The van der Waals surface area contributed by atoms with Crippen molar-refractivity contribution in [2.75, 3.05) is 5.73 Å². The molecule has 4 aromatic rings. The summed E-state index contributed by atoms with van der Waals surface area (Å²) in [6.45, 7) is -1.37. The number of pyridine rings is 1. The number of aromatic nitrogens is 5. The molecule has 11 heteroatoms. The second kappa shape index (κ2) is 7.00. The Balaban J connectivity index is 2.00. The molecule has 3 aromatic heterocycles. The van der Waals surface area contributed by atoms with Gasteiger partial charge < -0.3 is 5.73 Å². The number of hydrogen-bond acceptors (Lipinski definition) is 5. The molecule has 0 atom stereocenters. The highest BCUT2D eigenvalue weighted by atomic mass is 19.4. The van der Waals surface area contributed by atoms with Crippen LogP contribution in [-0.2, 0) is 6.54 Å². The minimum absolute atomic E-state index is 0.000757. The number of nitrogens with zero attached hydrogens (tertiary/aromatic N) is 6. The first-order valence-corrected chi connectivity index (χ1v) is 8.59. The van der Waals surface area contributed by atoms with Gasteiger partial charge in [0.05, 0.1) is 17.4 Å². The Morgan fingerprint density at radius 3 is 2.70 bits per heavy atom. The van der Waals surface area contributed by atoms with E-state index in [1.165, 1.54) is 59.9 Å². The number of benzene rings is 1. The van der Waals surface area contributed by atoms with Gasteiger partial charge in [0.1, 0.15) is 24.3 Å². The largest absolute Gasteiger partial charge is 0.419 e. The standard InChI is InChI=1S/C19H12F3N7O/c20-19(21,22)9-28-15-3-1-2-6-27(15)18(30)16(17(28)24)12-4-5-14(13(7-12)8-23)29-11-25-10-26-29/h1-7,10-11H,9H2,(H-,24,30)/p+1. The minimum Gasteiger partial charge on any atom is -0.318 e. The smallest absolute Gasteiger partial charge is 0.318 e. The molecule has 3 heterocycles. The molecule has 0 spiro atoms. The Kier molecular flexibility index (Phi) is 4.46. The number of fused-ring (bicyclic) bond motifs is 1. The molecular formula is C19H13F3N7O+. The van der Waals surface area contributed by atoms with E-state index < -0.39 is 18.3 Å². The Hall–Kier alpha value is -4.20. The van der Waals surface area contributed by atoms with E-state index in [-0.39, 0.29) is 28.2 Å². The lowest BCUT2D eigenvalue weighted by atomic mass is 10.0. The van der Waals surface area contributed by atoms with Crippen molar-refractivity contribution in [1.82, 2.24) is 19.2 Å². The van der Waals surface area contributed by atoms with Crippen LogP contribution in [0.15, 0.2) is 60.0 Å². The number of rotatable bonds is 3. The van der Waals surface area contributed by atoms with Gasteiger partial charge in [-0.3, -0.25) is 0 Å². The highest BCUT2D eigenvalue weighted by Crippen LogP contribution is 2.26. The second-order valence-electron chi connectivity index (χ2n) is 6.38. The molecule has 0 saturated heterocycles. The van der Waals surface area contributed by atoms with Crippen LogP contribution in [0.2, 0.25) is 0 Å². The topological polar surface area (TPSA) is 106 Å². The Morgan fingerprint density at radius 1 is 1.23 bits per heavy atom. The number of hydrogen-bond donors (Lipinski definition) is 1. The van der Waals surface area contributed by atoms with E-state index >= 15 is 0 Å². The van der Waals surface area contributed by atoms with Crippen molar-refractivity contribution in [3.63, 3.8) is 0 Å². The number of alkyl halides is 3. The highest BCUT2D eigenvalue weighted by molar-refractivity contribution is 5.74. The van der Waals surface area contributed by atoms with E-state index in [4.69, 9.17) is 5.73 Å². The number of nitriles is 1. The maximum atomic E-state index is 13.2. The number of halogens is 3. The molecule has 30 heavy (non-hydrogen) atoms. The van der Waals surface area contributed by atoms with Gasteiger partial charge in [-0.05, 0) is 23.8 Å². The number of nitrogens with two attached hydrogens (primary N) is 1. The molecule has 0 bridgehead atoms. The zero-order chi connectivity index (χ0) is 21.5. The fourth-order valence-electron chi connectivity index (χ4n) is 3.24. The van der Waals surface area contributed by atoms with Crippen LogP contribution in [0.25, 0.3) is 22.5 Å². The monoisotopic (exact) mass is 412 g/mol. The first kappa shape index (κ1) is 19.1. The fraction of sp³-hybridized carbons (Fsp3) is 0.105. The lowest BCUT2D eigenvalue weighted by Crippen LogP contribution is -2.48. The van der Waals surface area contributed by atoms with Crippen molar-refractivity contribution in [3.05, 3.63) is 71.2 Å². The van der Waals surface area contributed by atoms with Gasteiger partial charge in [-0.15, -0.1) is 0 Å². The van der Waals surface area contributed by atoms with Gasteiger partial charge in [0.15, 0.2) is 6.54 Å². The van der Waals surface area contributed by atoms with Gasteiger partial charge >= 0.3 is 11.7 Å². The van der Waals surface area contributed by atoms with Gasteiger partial charge in [-0.2, -0.15) is 27.9 Å². The molecule has 0 aliphatic rings. The molecule has 2 N–H and O–H groups in total. The Morgan fingerprint density at radius 2 is 2.03 bits per heavy atom. The summed E-state index contributed by atoms with van der Waals surface area (Å²) >= 11 is 0. The van der Waals surface area contributed by atoms with Crippen LogP contribution in [0.1, 0.15) is 5.56 Å². The molecule has 4 rings (SSSR count). The Labute approximate surface area is 166 Å². The van der Waals surface area contributed by atoms with Crippen LogP contribution >= 0.6 is 0 Å². The molecule has 0 radical (unpaired) electrons. The van der Waals surface area contributed by atoms with Crippen LogP contribution in [0, 0.1) is 11.3 Å². The average Bonchev–Trinajstić information content (AvgIpc) is 3.25. The number of nitrogen functional groups attached to an aromatic ring is 1. The van der Waals surface area contributed by atoms with Crippen molar-refractivity contribution < 1.29 is 17.7 Å². The first-order chi connectivity index (χ1) is 14.3. The van der Waals surface area contributed by atoms with Crippen molar-refractivity contribution in [2.24, 2.45) is 0 Å². The van der Waals surface area contributed by atoms with Crippen LogP contribution in [0.4, 0.5) is 19.0 Å². The summed E-state index contributed by atoms with van der Waals surface area (Å²) in [5.74, 6) is -0.346. The van der Waals surface area contributed by atoms with E-state index in [0.29, 0.717) is 5.69 Å². The lowest BCUT2D eigenvalue weighted by Gasteiger charge is -2.14. The van der Waals surface area contributed by atoms with E-state index in [1.54, 1.807) is 0 Å². The third-order valence-electron chi connectivity index (χ3n) is 4.50. The van der Waals surface area contributed by atoms with Gasteiger partial charge in [0.2, 0.25) is 11.5 Å². The summed E-state index contributed by atoms with van der Waals surface area (Å²) in [7, 11) is 0. The van der Waals surface area contributed by atoms with Crippen molar-refractivity contribution >= 4 is 11.5 Å². The summed E-state index contributed by atoms with van der Waals surface area (Å²) < 4.78 is 42.9. The molecule has 8 nitrogen and oxygen atoms in total. The molecule has 150 valence electrons. The summed E-state index contributed by atoms with van der Waals surface area (Å²) in [5, 5.41) is 13.5. The molecule has 0 fully saturated rings. The van der Waals surface area contributed by atoms with E-state index in [9.17, 15) is 23.2 Å². The predicted octanol–water partition coefficient (Wildman–Crippen LogP) is 1.85. The molecule has 0 unspecified atom stereocenters. The van der Waals surface area contributed by atoms with E-state index in [2.05, 4.69) is 10.1 Å². The summed E-state index contributed by atoms with van der Waals surface area (Å²) in [4.78, 5) is 16.9. The third kappa shape index (κ3) is 3.24. The molecule has 0 amide bonds. The maximum absolute atomic E-state index is 13.2. The van der Waals surface area contributed by atoms with Gasteiger partial charge in [0, 0.05) is 6.07 Å². The van der Waals surface area contributed by atoms with Gasteiger partial charge in [-0.1, -0.05) is 12.1 Å². The quantitative estimate of drug-likeness (QED) is 0.517. The molecule has 0 aliphatic carbocycles. The predicted molar refractivity (Wildman–Crippen MR) is 99.4 cm³/mol. The van der Waals surface area contributed by atoms with Crippen molar-refractivity contribution in [3.8, 4) is 22.9 Å².